The largest absolute Gasteiger partial charge is 0.344 e. The number of aromatic nitrogens is 2. The number of hydrogen-bond acceptors (Lipinski definition) is 1. The molecule has 1 aliphatic rings. The van der Waals surface area contributed by atoms with Crippen molar-refractivity contribution in [1.29, 1.82) is 0 Å². The summed E-state index contributed by atoms with van der Waals surface area (Å²) in [5, 5.41) is 1.69. The van der Waals surface area contributed by atoms with Gasteiger partial charge in [0.15, 0.2) is 0 Å². The topological polar surface area (TPSA) is 17.8 Å². The molecule has 2 aromatic heterocycles. The molecule has 2 nitrogen and oxygen atoms in total. The molecule has 15 heavy (non-hydrogen) atoms. The van der Waals surface area contributed by atoms with Gasteiger partial charge < -0.3 is 4.57 Å². The average Bonchev–Trinajstić information content (AvgIpc) is 2.85. The van der Waals surface area contributed by atoms with Crippen LogP contribution >= 0.6 is 11.6 Å². The van der Waals surface area contributed by atoms with Crippen LogP contribution in [0, 0.1) is 0 Å². The molecule has 0 atom stereocenters. The Labute approximate surface area is 93.9 Å². The second-order valence-corrected chi connectivity index (χ2v) is 4.55. The summed E-state index contributed by atoms with van der Waals surface area (Å²) in [6, 6.07) is 4.80. The number of pyridine rings is 1. The summed E-state index contributed by atoms with van der Waals surface area (Å²) in [6.45, 7) is 0. The van der Waals surface area contributed by atoms with Gasteiger partial charge in [0.2, 0.25) is 0 Å². The van der Waals surface area contributed by atoms with Gasteiger partial charge in [-0.05, 0) is 25.0 Å². The summed E-state index contributed by atoms with van der Waals surface area (Å²) in [4.78, 5) is 4.10. The normalized spacial score (nSPS) is 17.7. The lowest BCUT2D eigenvalue weighted by Crippen LogP contribution is -2.02. The first-order valence-corrected chi connectivity index (χ1v) is 5.85. The van der Waals surface area contributed by atoms with Crippen molar-refractivity contribution in [3.63, 3.8) is 0 Å². The first-order valence-electron chi connectivity index (χ1n) is 5.47. The molecule has 1 aliphatic carbocycles. The van der Waals surface area contributed by atoms with Gasteiger partial charge in [0.05, 0.1) is 5.52 Å². The zero-order valence-corrected chi connectivity index (χ0v) is 9.24. The number of rotatable bonds is 1. The number of nitrogens with zero attached hydrogens (tertiary/aromatic N) is 2. The lowest BCUT2D eigenvalue weighted by molar-refractivity contribution is 0.536. The molecule has 0 aliphatic heterocycles. The molecule has 0 N–H and O–H groups in total. The quantitative estimate of drug-likeness (QED) is 0.669. The van der Waals surface area contributed by atoms with E-state index < -0.39 is 0 Å². The van der Waals surface area contributed by atoms with Crippen LogP contribution in [-0.2, 0) is 0 Å². The summed E-state index contributed by atoms with van der Waals surface area (Å²) < 4.78 is 2.36. The monoisotopic (exact) mass is 220 g/mol. The van der Waals surface area contributed by atoms with Gasteiger partial charge in [-0.15, -0.1) is 0 Å². The minimum atomic E-state index is 0.615. The summed E-state index contributed by atoms with van der Waals surface area (Å²) in [5.74, 6) is 0. The predicted octanol–water partition coefficient (Wildman–Crippen LogP) is 3.80. The number of fused-ring (bicyclic) bond motifs is 1. The zero-order valence-electron chi connectivity index (χ0n) is 8.49. The Balaban J connectivity index is 2.15. The Morgan fingerprint density at radius 1 is 1.27 bits per heavy atom. The lowest BCUT2D eigenvalue weighted by atomic mass is 10.2. The van der Waals surface area contributed by atoms with E-state index in [1.54, 1.807) is 6.20 Å². The van der Waals surface area contributed by atoms with Crippen molar-refractivity contribution in [3.8, 4) is 0 Å². The SMILES string of the molecule is Clc1nccc2c1ccn2C1CCCC1. The third-order valence-electron chi connectivity index (χ3n) is 3.32. The first-order chi connectivity index (χ1) is 7.36. The number of hydrogen-bond donors (Lipinski definition) is 0. The van der Waals surface area contributed by atoms with E-state index in [1.807, 2.05) is 0 Å². The maximum Gasteiger partial charge on any atom is 0.138 e. The molecule has 2 aromatic rings. The summed E-state index contributed by atoms with van der Waals surface area (Å²) in [7, 11) is 0. The molecule has 3 rings (SSSR count). The van der Waals surface area contributed by atoms with Crippen LogP contribution < -0.4 is 0 Å². The van der Waals surface area contributed by atoms with Gasteiger partial charge in [0, 0.05) is 23.8 Å². The van der Waals surface area contributed by atoms with Crippen LogP contribution in [0.5, 0.6) is 0 Å². The Kier molecular flexibility index (Phi) is 2.17. The average molecular weight is 221 g/mol. The van der Waals surface area contributed by atoms with Crippen molar-refractivity contribution in [3.05, 3.63) is 29.7 Å². The third-order valence-corrected chi connectivity index (χ3v) is 3.62. The summed E-state index contributed by atoms with van der Waals surface area (Å²) >= 11 is 6.05. The van der Waals surface area contributed by atoms with Crippen LogP contribution in [0.25, 0.3) is 10.9 Å². The van der Waals surface area contributed by atoms with Crippen LogP contribution in [0.3, 0.4) is 0 Å². The maximum atomic E-state index is 6.05. The highest BCUT2D eigenvalue weighted by Gasteiger charge is 2.18. The molecule has 0 bridgehead atoms. The van der Waals surface area contributed by atoms with Crippen LogP contribution in [0.2, 0.25) is 5.15 Å². The second-order valence-electron chi connectivity index (χ2n) is 4.20. The molecule has 0 spiro atoms. The highest BCUT2D eigenvalue weighted by atomic mass is 35.5. The van der Waals surface area contributed by atoms with Crippen molar-refractivity contribution in [2.45, 2.75) is 31.7 Å². The smallest absolute Gasteiger partial charge is 0.138 e. The molecule has 0 aromatic carbocycles. The van der Waals surface area contributed by atoms with Gasteiger partial charge in [-0.1, -0.05) is 24.4 Å². The van der Waals surface area contributed by atoms with Crippen molar-refractivity contribution >= 4 is 22.5 Å². The van der Waals surface area contributed by atoms with E-state index in [2.05, 4.69) is 27.9 Å². The van der Waals surface area contributed by atoms with Crippen LogP contribution in [0.15, 0.2) is 24.5 Å². The molecule has 0 radical (unpaired) electrons. The highest BCUT2D eigenvalue weighted by Crippen LogP contribution is 2.33. The fourth-order valence-electron chi connectivity index (χ4n) is 2.55. The lowest BCUT2D eigenvalue weighted by Gasteiger charge is -2.13. The van der Waals surface area contributed by atoms with E-state index in [0.29, 0.717) is 11.2 Å². The van der Waals surface area contributed by atoms with Crippen molar-refractivity contribution in [2.75, 3.05) is 0 Å². The molecule has 1 saturated carbocycles. The van der Waals surface area contributed by atoms with E-state index in [-0.39, 0.29) is 0 Å². The van der Waals surface area contributed by atoms with E-state index in [4.69, 9.17) is 11.6 Å². The Morgan fingerprint density at radius 2 is 2.07 bits per heavy atom. The van der Waals surface area contributed by atoms with Crippen LogP contribution in [-0.4, -0.2) is 9.55 Å². The molecular formula is C12H13ClN2. The van der Waals surface area contributed by atoms with Gasteiger partial charge in [-0.25, -0.2) is 4.98 Å². The molecule has 0 saturated heterocycles. The van der Waals surface area contributed by atoms with E-state index in [1.165, 1.54) is 31.2 Å². The second kappa shape index (κ2) is 3.53. The Morgan fingerprint density at radius 3 is 2.87 bits per heavy atom. The van der Waals surface area contributed by atoms with E-state index >= 15 is 0 Å². The zero-order chi connectivity index (χ0) is 10.3. The number of halogens is 1. The van der Waals surface area contributed by atoms with Crippen molar-refractivity contribution in [1.82, 2.24) is 9.55 Å². The van der Waals surface area contributed by atoms with Gasteiger partial charge in [0.25, 0.3) is 0 Å². The Hall–Kier alpha value is -1.02. The molecule has 3 heteroatoms. The molecular weight excluding hydrogens is 208 g/mol. The molecule has 0 amide bonds. The Bertz CT molecular complexity index is 483. The maximum absolute atomic E-state index is 6.05. The standard InChI is InChI=1S/C12H13ClN2/c13-12-10-6-8-15(9-3-1-2-4-9)11(10)5-7-14-12/h5-9H,1-4H2. The molecule has 78 valence electrons. The molecule has 1 fully saturated rings. The molecule has 0 unspecified atom stereocenters. The van der Waals surface area contributed by atoms with Gasteiger partial charge in [-0.3, -0.25) is 0 Å². The van der Waals surface area contributed by atoms with E-state index in [9.17, 15) is 0 Å². The first kappa shape index (κ1) is 9.22. The van der Waals surface area contributed by atoms with Crippen molar-refractivity contribution < 1.29 is 0 Å². The predicted molar refractivity (Wildman–Crippen MR) is 62.2 cm³/mol. The summed E-state index contributed by atoms with van der Waals surface area (Å²) in [6.07, 6.45) is 9.23. The molecule has 2 heterocycles. The minimum absolute atomic E-state index is 0.615. The minimum Gasteiger partial charge on any atom is -0.344 e. The van der Waals surface area contributed by atoms with Gasteiger partial charge >= 0.3 is 0 Å². The van der Waals surface area contributed by atoms with Crippen LogP contribution in [0.4, 0.5) is 0 Å². The van der Waals surface area contributed by atoms with Gasteiger partial charge in [-0.2, -0.15) is 0 Å². The van der Waals surface area contributed by atoms with Gasteiger partial charge in [0.1, 0.15) is 5.15 Å². The highest BCUT2D eigenvalue weighted by molar-refractivity contribution is 6.34. The third kappa shape index (κ3) is 1.44. The summed E-state index contributed by atoms with van der Waals surface area (Å²) in [5.41, 5.74) is 1.22. The van der Waals surface area contributed by atoms with Crippen LogP contribution in [0.1, 0.15) is 31.7 Å². The van der Waals surface area contributed by atoms with E-state index in [0.717, 1.165) is 5.39 Å². The fraction of sp³-hybridized carbons (Fsp3) is 0.417. The fourth-order valence-corrected chi connectivity index (χ4v) is 2.77. The van der Waals surface area contributed by atoms with Crippen molar-refractivity contribution in [2.24, 2.45) is 0 Å².